The topological polar surface area (TPSA) is 0 Å². The van der Waals surface area contributed by atoms with Crippen molar-refractivity contribution in [2.24, 2.45) is 0 Å². The number of fused-ring (bicyclic) bond motifs is 4. The van der Waals surface area contributed by atoms with E-state index in [0.717, 1.165) is 6.42 Å². The maximum Gasteiger partial charge on any atom is -0.172 e. The summed E-state index contributed by atoms with van der Waals surface area (Å²) in [7, 11) is 0. The Morgan fingerprint density at radius 1 is 0.738 bits per heavy atom. The van der Waals surface area contributed by atoms with Gasteiger partial charge in [-0.15, -0.1) is 16.7 Å². The second kappa shape index (κ2) is 15.0. The first-order valence-electron chi connectivity index (χ1n) is 14.3. The van der Waals surface area contributed by atoms with Crippen LogP contribution >= 0.6 is 0 Å². The average Bonchev–Trinajstić information content (AvgIpc) is 3.58. The third-order valence-electron chi connectivity index (χ3n) is 7.61. The fraction of sp³-hybridized carbons (Fsp3) is 0.282. The smallest absolute Gasteiger partial charge is 0.172 e. The van der Waals surface area contributed by atoms with Gasteiger partial charge in [-0.25, -0.2) is 12.1 Å². The molecule has 6 rings (SSSR count). The molecule has 0 aliphatic heterocycles. The van der Waals surface area contributed by atoms with E-state index in [2.05, 4.69) is 126 Å². The van der Waals surface area contributed by atoms with Crippen LogP contribution in [-0.2, 0) is 41.5 Å². The minimum atomic E-state index is 0. The molecule has 0 aromatic heterocycles. The predicted octanol–water partition coefficient (Wildman–Crippen LogP) is 4.22. The maximum atomic E-state index is 3.69. The van der Waals surface area contributed by atoms with Gasteiger partial charge in [0.1, 0.15) is 0 Å². The molecule has 0 N–H and O–H groups in total. The third-order valence-corrected chi connectivity index (χ3v) is 8.38. The van der Waals surface area contributed by atoms with Gasteiger partial charge >= 0.3 is 86.7 Å². The SMILES string of the molecule is Cc1[c-]c2c(cc1C(C)(C)C)-c1cc(C(C)(C)C)c(C)cc1C2.[Cl-].[Cl-].[Zr+2]=[CH]c1cccc2ccccc12.c1cc[cH-]c1. The van der Waals surface area contributed by atoms with Crippen LogP contribution in [-0.4, -0.2) is 3.71 Å². The molecule has 0 saturated carbocycles. The molecule has 0 fully saturated rings. The van der Waals surface area contributed by atoms with Crippen molar-refractivity contribution < 1.29 is 49.0 Å². The molecule has 0 amide bonds. The zero-order valence-electron chi connectivity index (χ0n) is 26.2. The first-order valence-corrected chi connectivity index (χ1v) is 15.7. The van der Waals surface area contributed by atoms with Gasteiger partial charge in [0.05, 0.1) is 0 Å². The van der Waals surface area contributed by atoms with E-state index in [4.69, 9.17) is 0 Å². The van der Waals surface area contributed by atoms with Crippen LogP contribution in [0.15, 0.2) is 91.0 Å². The molecule has 0 bridgehead atoms. The van der Waals surface area contributed by atoms with Gasteiger partial charge in [0, 0.05) is 0 Å². The number of benzene rings is 4. The molecule has 3 heteroatoms. The first kappa shape index (κ1) is 36.0. The molecule has 5 aromatic carbocycles. The van der Waals surface area contributed by atoms with E-state index < -0.39 is 0 Å². The van der Waals surface area contributed by atoms with Crippen molar-refractivity contribution in [1.82, 2.24) is 0 Å². The second-order valence-electron chi connectivity index (χ2n) is 12.9. The number of halogens is 2. The van der Waals surface area contributed by atoms with Gasteiger partial charge in [0.25, 0.3) is 0 Å². The van der Waals surface area contributed by atoms with Gasteiger partial charge in [-0.05, 0) is 35.4 Å². The minimum Gasteiger partial charge on any atom is -0.214 e. The van der Waals surface area contributed by atoms with E-state index in [1.807, 2.05) is 30.3 Å². The zero-order chi connectivity index (χ0) is 29.1. The Bertz CT molecular complexity index is 1520. The molecule has 1 aliphatic rings. The van der Waals surface area contributed by atoms with Gasteiger partial charge in [-0.1, -0.05) is 71.6 Å². The van der Waals surface area contributed by atoms with E-state index in [0.29, 0.717) is 0 Å². The Kier molecular flexibility index (Phi) is 12.9. The second-order valence-corrected chi connectivity index (χ2v) is 13.6. The molecule has 0 unspecified atom stereocenters. The molecule has 5 aromatic rings. The number of hydrogen-bond donors (Lipinski definition) is 0. The monoisotopic (exact) mass is 670 g/mol. The summed E-state index contributed by atoms with van der Waals surface area (Å²) in [5.41, 5.74) is 13.0. The quantitative estimate of drug-likeness (QED) is 0.230. The van der Waals surface area contributed by atoms with Crippen LogP contribution in [0, 0.1) is 19.9 Å². The molecular weight excluding hydrogens is 631 g/mol. The summed E-state index contributed by atoms with van der Waals surface area (Å²) >= 11 is 1.46. The summed E-state index contributed by atoms with van der Waals surface area (Å²) in [6.45, 7) is 18.2. The minimum absolute atomic E-state index is 0. The molecule has 42 heavy (non-hydrogen) atoms. The third kappa shape index (κ3) is 8.47. The van der Waals surface area contributed by atoms with Crippen LogP contribution in [0.1, 0.15) is 80.5 Å². The Morgan fingerprint density at radius 2 is 1.33 bits per heavy atom. The summed E-state index contributed by atoms with van der Waals surface area (Å²) in [5.74, 6) is 0. The largest absolute Gasteiger partial charge is 0.214 e. The molecule has 0 atom stereocenters. The van der Waals surface area contributed by atoms with Gasteiger partial charge in [-0.2, -0.15) is 35.9 Å². The number of rotatable bonds is 1. The fourth-order valence-electron chi connectivity index (χ4n) is 5.72. The van der Waals surface area contributed by atoms with Crippen molar-refractivity contribution in [3.8, 4) is 11.1 Å². The van der Waals surface area contributed by atoms with E-state index in [9.17, 15) is 0 Å². The van der Waals surface area contributed by atoms with Crippen molar-refractivity contribution in [2.45, 2.75) is 72.6 Å². The molecule has 0 radical (unpaired) electrons. The standard InChI is InChI=1S/C23H29.C11H8.C5H5.2ClH.Zr/c1-14-9-16-11-17-10-15(2)21(23(6,7)8)13-19(17)18(16)12-20(14)22(3,4)5;1-9-5-4-7-10-6-2-3-8-11(9)10;1-2-4-5-3-1;;;/h9,12-13H,11H2,1-8H3;1-8H;1-5H;2*1H;/q-1;;-1;;;+2/p-2. The van der Waals surface area contributed by atoms with E-state index in [-0.39, 0.29) is 35.6 Å². The molecule has 0 spiro atoms. The van der Waals surface area contributed by atoms with Crippen molar-refractivity contribution >= 4 is 14.5 Å². The molecular formula is C39H42Cl2Zr-2. The number of hydrogen-bond acceptors (Lipinski definition) is 0. The van der Waals surface area contributed by atoms with Crippen molar-refractivity contribution in [2.75, 3.05) is 0 Å². The van der Waals surface area contributed by atoms with Crippen LogP contribution in [0.5, 0.6) is 0 Å². The van der Waals surface area contributed by atoms with Crippen LogP contribution < -0.4 is 24.8 Å². The van der Waals surface area contributed by atoms with Crippen LogP contribution in [0.25, 0.3) is 21.9 Å². The Morgan fingerprint density at radius 3 is 1.90 bits per heavy atom. The summed E-state index contributed by atoms with van der Waals surface area (Å²) in [5, 5.41) is 2.69. The Balaban J connectivity index is 0.000000270. The maximum absolute atomic E-state index is 3.69. The van der Waals surface area contributed by atoms with Crippen molar-refractivity contribution in [3.63, 3.8) is 0 Å². The van der Waals surface area contributed by atoms with Crippen molar-refractivity contribution in [1.29, 1.82) is 0 Å². The molecule has 0 heterocycles. The average molecular weight is 673 g/mol. The molecule has 0 nitrogen and oxygen atoms in total. The normalized spacial score (nSPS) is 11.5. The van der Waals surface area contributed by atoms with Gasteiger partial charge in [-0.3, -0.25) is 0 Å². The van der Waals surface area contributed by atoms with Crippen molar-refractivity contribution in [3.05, 3.63) is 136 Å². The molecule has 1 aliphatic carbocycles. The van der Waals surface area contributed by atoms with Gasteiger partial charge < -0.3 is 24.8 Å². The summed E-state index contributed by atoms with van der Waals surface area (Å²) in [6, 6.07) is 35.9. The van der Waals surface area contributed by atoms with E-state index >= 15 is 0 Å². The molecule has 0 saturated heterocycles. The predicted molar refractivity (Wildman–Crippen MR) is 172 cm³/mol. The van der Waals surface area contributed by atoms with E-state index in [1.165, 1.54) is 85.1 Å². The Labute approximate surface area is 281 Å². The number of aryl methyl sites for hydroxylation is 2. The van der Waals surface area contributed by atoms with Crippen LogP contribution in [0.2, 0.25) is 0 Å². The summed E-state index contributed by atoms with van der Waals surface area (Å²) in [4.78, 5) is 0. The first-order chi connectivity index (χ1) is 18.9. The van der Waals surface area contributed by atoms with Gasteiger partial charge in [0.2, 0.25) is 0 Å². The Hall–Kier alpha value is -2.18. The van der Waals surface area contributed by atoms with Gasteiger partial charge in [0.15, 0.2) is 0 Å². The summed E-state index contributed by atoms with van der Waals surface area (Å²) in [6.07, 6.45) is 1.03. The summed E-state index contributed by atoms with van der Waals surface area (Å²) < 4.78 is 2.23. The zero-order valence-corrected chi connectivity index (χ0v) is 30.2. The van der Waals surface area contributed by atoms with Crippen LogP contribution in [0.4, 0.5) is 0 Å². The van der Waals surface area contributed by atoms with E-state index in [1.54, 1.807) is 0 Å². The molecule has 218 valence electrons. The van der Waals surface area contributed by atoms with Crippen LogP contribution in [0.3, 0.4) is 0 Å². The fourth-order valence-corrected chi connectivity index (χ4v) is 6.34.